The quantitative estimate of drug-likeness (QED) is 0.873. The first kappa shape index (κ1) is 11.1. The monoisotopic (exact) mass is 236 g/mol. The predicted octanol–water partition coefficient (Wildman–Crippen LogP) is 1.41. The Bertz CT molecular complexity index is 466. The van der Waals surface area contributed by atoms with Crippen molar-refractivity contribution >= 4 is 11.8 Å². The average Bonchev–Trinajstić information content (AvgIpc) is 2.65. The number of rotatable bonds is 3. The first-order chi connectivity index (χ1) is 7.66. The van der Waals surface area contributed by atoms with Crippen LogP contribution in [0.5, 0.6) is 0 Å². The molecule has 5 nitrogen and oxygen atoms in total. The SMILES string of the molecule is CC(O)c1ccc(Sc2nnnn2C)cc1. The fourth-order valence-corrected chi connectivity index (χ4v) is 1.96. The van der Waals surface area contributed by atoms with Crippen LogP contribution in [0.1, 0.15) is 18.6 Å². The summed E-state index contributed by atoms with van der Waals surface area (Å²) in [6, 6.07) is 7.69. The van der Waals surface area contributed by atoms with Crippen molar-refractivity contribution in [1.82, 2.24) is 20.2 Å². The van der Waals surface area contributed by atoms with Crippen LogP contribution in [0.15, 0.2) is 34.3 Å². The Hall–Kier alpha value is -1.40. The Balaban J connectivity index is 2.14. The maximum atomic E-state index is 9.37. The lowest BCUT2D eigenvalue weighted by atomic mass is 10.1. The van der Waals surface area contributed by atoms with Crippen LogP contribution in [-0.2, 0) is 7.05 Å². The van der Waals surface area contributed by atoms with Gasteiger partial charge in [0.25, 0.3) is 0 Å². The van der Waals surface area contributed by atoms with Crippen LogP contribution in [0, 0.1) is 0 Å². The smallest absolute Gasteiger partial charge is 0.213 e. The fourth-order valence-electron chi connectivity index (χ4n) is 1.23. The number of aryl methyl sites for hydroxylation is 1. The minimum atomic E-state index is -0.435. The zero-order chi connectivity index (χ0) is 11.5. The summed E-state index contributed by atoms with van der Waals surface area (Å²) in [5.74, 6) is 0. The highest BCUT2D eigenvalue weighted by molar-refractivity contribution is 7.99. The van der Waals surface area contributed by atoms with Crippen LogP contribution in [0.3, 0.4) is 0 Å². The molecule has 84 valence electrons. The topological polar surface area (TPSA) is 63.8 Å². The number of hydrogen-bond acceptors (Lipinski definition) is 5. The van der Waals surface area contributed by atoms with E-state index < -0.39 is 6.10 Å². The normalized spacial score (nSPS) is 12.7. The van der Waals surface area contributed by atoms with Crippen LogP contribution in [0.2, 0.25) is 0 Å². The summed E-state index contributed by atoms with van der Waals surface area (Å²) < 4.78 is 1.62. The largest absolute Gasteiger partial charge is 0.389 e. The van der Waals surface area contributed by atoms with E-state index in [2.05, 4.69) is 15.5 Å². The average molecular weight is 236 g/mol. The van der Waals surface area contributed by atoms with Gasteiger partial charge in [-0.25, -0.2) is 4.68 Å². The van der Waals surface area contributed by atoms with Crippen LogP contribution >= 0.6 is 11.8 Å². The molecule has 0 amide bonds. The molecular weight excluding hydrogens is 224 g/mol. The van der Waals surface area contributed by atoms with Gasteiger partial charge in [-0.1, -0.05) is 12.1 Å². The van der Waals surface area contributed by atoms with Gasteiger partial charge in [0.2, 0.25) is 5.16 Å². The maximum absolute atomic E-state index is 9.37. The Kier molecular flexibility index (Phi) is 3.21. The lowest BCUT2D eigenvalue weighted by molar-refractivity contribution is 0.199. The van der Waals surface area contributed by atoms with Gasteiger partial charge in [-0.2, -0.15) is 0 Å². The number of benzene rings is 1. The summed E-state index contributed by atoms with van der Waals surface area (Å²) in [4.78, 5) is 1.04. The van der Waals surface area contributed by atoms with Crippen LogP contribution in [0.25, 0.3) is 0 Å². The van der Waals surface area contributed by atoms with Crippen LogP contribution in [-0.4, -0.2) is 25.3 Å². The highest BCUT2D eigenvalue weighted by Crippen LogP contribution is 2.25. The van der Waals surface area contributed by atoms with Crippen LogP contribution in [0.4, 0.5) is 0 Å². The van der Waals surface area contributed by atoms with E-state index in [1.807, 2.05) is 24.3 Å². The van der Waals surface area contributed by atoms with Crippen molar-refractivity contribution in [3.63, 3.8) is 0 Å². The molecule has 2 aromatic rings. The third kappa shape index (κ3) is 2.40. The number of hydrogen-bond donors (Lipinski definition) is 1. The molecule has 1 atom stereocenters. The molecule has 0 aliphatic heterocycles. The van der Waals surface area contributed by atoms with Gasteiger partial charge in [0.05, 0.1) is 6.10 Å². The Morgan fingerprint density at radius 1 is 1.31 bits per heavy atom. The summed E-state index contributed by atoms with van der Waals surface area (Å²) >= 11 is 1.49. The summed E-state index contributed by atoms with van der Waals surface area (Å²) in [5, 5.41) is 21.3. The number of tetrazole rings is 1. The zero-order valence-corrected chi connectivity index (χ0v) is 9.85. The summed E-state index contributed by atoms with van der Waals surface area (Å²) in [7, 11) is 1.80. The van der Waals surface area contributed by atoms with Gasteiger partial charge in [0, 0.05) is 11.9 Å². The van der Waals surface area contributed by atoms with Crippen molar-refractivity contribution in [2.45, 2.75) is 23.1 Å². The molecule has 6 heteroatoms. The van der Waals surface area contributed by atoms with Gasteiger partial charge in [-0.3, -0.25) is 0 Å². The van der Waals surface area contributed by atoms with Crippen molar-refractivity contribution in [2.24, 2.45) is 7.05 Å². The number of aromatic nitrogens is 4. The van der Waals surface area contributed by atoms with Crippen molar-refractivity contribution in [2.75, 3.05) is 0 Å². The van der Waals surface area contributed by atoms with Crippen molar-refractivity contribution in [3.05, 3.63) is 29.8 Å². The highest BCUT2D eigenvalue weighted by atomic mass is 32.2. The van der Waals surface area contributed by atoms with Gasteiger partial charge < -0.3 is 5.11 Å². The van der Waals surface area contributed by atoms with Crippen LogP contribution < -0.4 is 0 Å². The van der Waals surface area contributed by atoms with E-state index in [1.54, 1.807) is 18.7 Å². The minimum absolute atomic E-state index is 0.435. The minimum Gasteiger partial charge on any atom is -0.389 e. The molecule has 2 rings (SSSR count). The van der Waals surface area contributed by atoms with E-state index in [0.29, 0.717) is 0 Å². The number of aliphatic hydroxyl groups excluding tert-OH is 1. The first-order valence-corrected chi connectivity index (χ1v) is 5.66. The molecule has 1 N–H and O–H groups in total. The molecule has 1 unspecified atom stereocenters. The second-order valence-corrected chi connectivity index (χ2v) is 4.47. The van der Waals surface area contributed by atoms with Gasteiger partial charge in [0.1, 0.15) is 0 Å². The van der Waals surface area contributed by atoms with Crippen molar-refractivity contribution in [1.29, 1.82) is 0 Å². The predicted molar refractivity (Wildman–Crippen MR) is 60.0 cm³/mol. The van der Waals surface area contributed by atoms with E-state index in [-0.39, 0.29) is 0 Å². The Morgan fingerprint density at radius 2 is 2.00 bits per heavy atom. The fraction of sp³-hybridized carbons (Fsp3) is 0.300. The standard InChI is InChI=1S/C10H12N4OS/c1-7(15)8-3-5-9(6-4-8)16-10-11-12-13-14(10)2/h3-7,15H,1-2H3. The van der Waals surface area contributed by atoms with E-state index in [1.165, 1.54) is 11.8 Å². The molecule has 0 saturated carbocycles. The maximum Gasteiger partial charge on any atom is 0.213 e. The van der Waals surface area contributed by atoms with E-state index in [0.717, 1.165) is 15.6 Å². The third-order valence-electron chi connectivity index (χ3n) is 2.15. The second kappa shape index (κ2) is 4.63. The summed E-state index contributed by atoms with van der Waals surface area (Å²) in [6.07, 6.45) is -0.435. The van der Waals surface area contributed by atoms with E-state index >= 15 is 0 Å². The lowest BCUT2D eigenvalue weighted by Crippen LogP contribution is -1.93. The van der Waals surface area contributed by atoms with Gasteiger partial charge in [-0.05, 0) is 46.8 Å². The molecule has 1 aromatic carbocycles. The lowest BCUT2D eigenvalue weighted by Gasteiger charge is -2.05. The number of aliphatic hydroxyl groups is 1. The van der Waals surface area contributed by atoms with Gasteiger partial charge in [-0.15, -0.1) is 5.10 Å². The van der Waals surface area contributed by atoms with Crippen molar-refractivity contribution < 1.29 is 5.11 Å². The zero-order valence-electron chi connectivity index (χ0n) is 9.03. The summed E-state index contributed by atoms with van der Waals surface area (Å²) in [5.41, 5.74) is 0.903. The molecule has 0 radical (unpaired) electrons. The van der Waals surface area contributed by atoms with Crippen molar-refractivity contribution in [3.8, 4) is 0 Å². The van der Waals surface area contributed by atoms with Gasteiger partial charge in [0.15, 0.2) is 0 Å². The molecular formula is C10H12N4OS. The first-order valence-electron chi connectivity index (χ1n) is 4.85. The molecule has 0 saturated heterocycles. The van der Waals surface area contributed by atoms with Gasteiger partial charge >= 0.3 is 0 Å². The second-order valence-electron chi connectivity index (χ2n) is 3.43. The molecule has 16 heavy (non-hydrogen) atoms. The molecule has 0 aliphatic carbocycles. The molecule has 0 bridgehead atoms. The molecule has 0 spiro atoms. The number of nitrogens with zero attached hydrogens (tertiary/aromatic N) is 4. The Morgan fingerprint density at radius 3 is 2.50 bits per heavy atom. The molecule has 0 aliphatic rings. The van der Waals surface area contributed by atoms with E-state index in [9.17, 15) is 5.11 Å². The van der Waals surface area contributed by atoms with E-state index in [4.69, 9.17) is 0 Å². The highest BCUT2D eigenvalue weighted by Gasteiger charge is 2.05. The third-order valence-corrected chi connectivity index (χ3v) is 3.19. The molecule has 0 fully saturated rings. The Labute approximate surface area is 97.5 Å². The summed E-state index contributed by atoms with van der Waals surface area (Å²) in [6.45, 7) is 1.74. The molecule has 1 heterocycles. The molecule has 1 aromatic heterocycles.